The molecule has 112 valence electrons. The average molecular weight is 284 g/mol. The van der Waals surface area contributed by atoms with Crippen LogP contribution in [0.1, 0.15) is 30.9 Å². The number of nitrogens with zero attached hydrogens (tertiary/aromatic N) is 3. The maximum Gasteiger partial charge on any atom is 0.125 e. The zero-order valence-electron chi connectivity index (χ0n) is 13.1. The third kappa shape index (κ3) is 4.53. The van der Waals surface area contributed by atoms with Crippen molar-refractivity contribution in [2.75, 3.05) is 18.0 Å². The van der Waals surface area contributed by atoms with E-state index in [-0.39, 0.29) is 0 Å². The molecule has 4 heteroatoms. The Morgan fingerprint density at radius 3 is 2.33 bits per heavy atom. The van der Waals surface area contributed by atoms with Gasteiger partial charge in [-0.1, -0.05) is 12.1 Å². The summed E-state index contributed by atoms with van der Waals surface area (Å²) in [7, 11) is 0. The van der Waals surface area contributed by atoms with Crippen molar-refractivity contribution in [3.8, 4) is 0 Å². The molecule has 4 nitrogen and oxygen atoms in total. The van der Waals surface area contributed by atoms with Gasteiger partial charge in [0.2, 0.25) is 0 Å². The summed E-state index contributed by atoms with van der Waals surface area (Å²) in [5.74, 6) is 0.817. The van der Waals surface area contributed by atoms with Crippen LogP contribution >= 0.6 is 0 Å². The second-order valence-electron chi connectivity index (χ2n) is 5.04. The molecule has 2 rings (SSSR count). The number of benzene rings is 1. The molecule has 0 aliphatic heterocycles. The summed E-state index contributed by atoms with van der Waals surface area (Å²) >= 11 is 0. The number of rotatable bonds is 7. The molecule has 0 bridgehead atoms. The third-order valence-corrected chi connectivity index (χ3v) is 3.53. The summed E-state index contributed by atoms with van der Waals surface area (Å²) in [5.41, 5.74) is 3.61. The Kier molecular flexibility index (Phi) is 5.69. The van der Waals surface area contributed by atoms with Gasteiger partial charge in [-0.25, -0.2) is 9.97 Å². The molecule has 0 amide bonds. The lowest BCUT2D eigenvalue weighted by atomic mass is 10.2. The van der Waals surface area contributed by atoms with Crippen molar-refractivity contribution in [3.05, 3.63) is 53.6 Å². The lowest BCUT2D eigenvalue weighted by molar-refractivity contribution is 0.675. The molecule has 1 N–H and O–H groups in total. The Bertz CT molecular complexity index is 547. The highest BCUT2D eigenvalue weighted by molar-refractivity contribution is 5.47. The first-order valence-corrected chi connectivity index (χ1v) is 7.56. The van der Waals surface area contributed by atoms with Crippen molar-refractivity contribution in [1.82, 2.24) is 15.3 Å². The van der Waals surface area contributed by atoms with Gasteiger partial charge in [0, 0.05) is 38.1 Å². The van der Waals surface area contributed by atoms with Crippen molar-refractivity contribution in [2.24, 2.45) is 0 Å². The van der Waals surface area contributed by atoms with Crippen LogP contribution in [-0.2, 0) is 13.1 Å². The van der Waals surface area contributed by atoms with Crippen LogP contribution in [0.3, 0.4) is 0 Å². The Morgan fingerprint density at radius 1 is 1.00 bits per heavy atom. The highest BCUT2D eigenvalue weighted by Gasteiger charge is 2.01. The zero-order chi connectivity index (χ0) is 15.1. The summed E-state index contributed by atoms with van der Waals surface area (Å²) in [4.78, 5) is 10.8. The largest absolute Gasteiger partial charge is 0.372 e. The smallest absolute Gasteiger partial charge is 0.125 e. The standard InChI is InChI=1S/C17H24N4/c1-4-21(5-2)17-8-6-15(7-9-17)12-18-13-16-10-11-19-14(3)20-16/h6-11,18H,4-5,12-13H2,1-3H3. The summed E-state index contributed by atoms with van der Waals surface area (Å²) < 4.78 is 0. The predicted octanol–water partition coefficient (Wildman–Crippen LogP) is 2.92. The van der Waals surface area contributed by atoms with E-state index >= 15 is 0 Å². The zero-order valence-corrected chi connectivity index (χ0v) is 13.1. The topological polar surface area (TPSA) is 41.0 Å². The lowest BCUT2D eigenvalue weighted by Crippen LogP contribution is -2.21. The summed E-state index contributed by atoms with van der Waals surface area (Å²) in [6.07, 6.45) is 1.80. The van der Waals surface area contributed by atoms with Crippen LogP contribution in [0.15, 0.2) is 36.5 Å². The molecule has 0 saturated carbocycles. The van der Waals surface area contributed by atoms with Crippen LogP contribution in [0.25, 0.3) is 0 Å². The second-order valence-corrected chi connectivity index (χ2v) is 5.04. The predicted molar refractivity (Wildman–Crippen MR) is 87.3 cm³/mol. The third-order valence-electron chi connectivity index (χ3n) is 3.53. The Labute approximate surface area is 127 Å². The number of hydrogen-bond donors (Lipinski definition) is 1. The molecule has 0 fully saturated rings. The van der Waals surface area contributed by atoms with E-state index in [1.165, 1.54) is 11.3 Å². The van der Waals surface area contributed by atoms with Gasteiger partial charge < -0.3 is 10.2 Å². The molecule has 0 aliphatic rings. The van der Waals surface area contributed by atoms with Gasteiger partial charge in [0.05, 0.1) is 5.69 Å². The van der Waals surface area contributed by atoms with Gasteiger partial charge in [-0.15, -0.1) is 0 Å². The fraction of sp³-hybridized carbons (Fsp3) is 0.412. The van der Waals surface area contributed by atoms with Crippen LogP contribution in [-0.4, -0.2) is 23.1 Å². The average Bonchev–Trinajstić information content (AvgIpc) is 2.50. The van der Waals surface area contributed by atoms with Gasteiger partial charge in [0.25, 0.3) is 0 Å². The first-order chi connectivity index (χ1) is 10.2. The van der Waals surface area contributed by atoms with Crippen molar-refractivity contribution in [3.63, 3.8) is 0 Å². The molecular weight excluding hydrogens is 260 g/mol. The number of hydrogen-bond acceptors (Lipinski definition) is 4. The quantitative estimate of drug-likeness (QED) is 0.849. The molecule has 1 aromatic heterocycles. The van der Waals surface area contributed by atoms with Crippen LogP contribution in [0.5, 0.6) is 0 Å². The molecule has 1 aromatic carbocycles. The summed E-state index contributed by atoms with van der Waals surface area (Å²) in [6, 6.07) is 10.7. The van der Waals surface area contributed by atoms with E-state index in [0.29, 0.717) is 0 Å². The van der Waals surface area contributed by atoms with Crippen molar-refractivity contribution < 1.29 is 0 Å². The summed E-state index contributed by atoms with van der Waals surface area (Å²) in [5, 5.41) is 3.42. The maximum absolute atomic E-state index is 4.38. The highest BCUT2D eigenvalue weighted by atomic mass is 15.1. The molecule has 1 heterocycles. The van der Waals surface area contributed by atoms with Gasteiger partial charge in [-0.3, -0.25) is 0 Å². The van der Waals surface area contributed by atoms with Gasteiger partial charge in [-0.2, -0.15) is 0 Å². The van der Waals surface area contributed by atoms with Gasteiger partial charge in [0.15, 0.2) is 0 Å². The number of anilines is 1. The van der Waals surface area contributed by atoms with Crippen molar-refractivity contribution >= 4 is 5.69 Å². The van der Waals surface area contributed by atoms with E-state index in [4.69, 9.17) is 0 Å². The van der Waals surface area contributed by atoms with Crippen LogP contribution in [0.2, 0.25) is 0 Å². The Hall–Kier alpha value is -1.94. The van der Waals surface area contributed by atoms with E-state index in [1.807, 2.05) is 13.0 Å². The van der Waals surface area contributed by atoms with Crippen molar-refractivity contribution in [2.45, 2.75) is 33.9 Å². The Balaban J connectivity index is 1.86. The molecule has 21 heavy (non-hydrogen) atoms. The van der Waals surface area contributed by atoms with E-state index in [2.05, 4.69) is 58.3 Å². The molecule has 0 aliphatic carbocycles. The maximum atomic E-state index is 4.38. The molecule has 0 unspecified atom stereocenters. The van der Waals surface area contributed by atoms with E-state index in [0.717, 1.165) is 37.7 Å². The minimum absolute atomic E-state index is 0.765. The van der Waals surface area contributed by atoms with E-state index < -0.39 is 0 Å². The highest BCUT2D eigenvalue weighted by Crippen LogP contribution is 2.14. The fourth-order valence-corrected chi connectivity index (χ4v) is 2.35. The number of aromatic nitrogens is 2. The monoisotopic (exact) mass is 284 g/mol. The van der Waals surface area contributed by atoms with Crippen LogP contribution in [0.4, 0.5) is 5.69 Å². The SMILES string of the molecule is CCN(CC)c1ccc(CNCc2ccnc(C)n2)cc1. The van der Waals surface area contributed by atoms with Gasteiger partial charge in [0.1, 0.15) is 5.82 Å². The summed E-state index contributed by atoms with van der Waals surface area (Å²) in [6.45, 7) is 9.98. The molecule has 0 saturated heterocycles. The Morgan fingerprint density at radius 2 is 1.71 bits per heavy atom. The lowest BCUT2D eigenvalue weighted by Gasteiger charge is -2.21. The van der Waals surface area contributed by atoms with Gasteiger partial charge >= 0.3 is 0 Å². The minimum atomic E-state index is 0.765. The van der Waals surface area contributed by atoms with E-state index in [9.17, 15) is 0 Å². The van der Waals surface area contributed by atoms with E-state index in [1.54, 1.807) is 6.20 Å². The molecule has 0 spiro atoms. The first kappa shape index (κ1) is 15.4. The minimum Gasteiger partial charge on any atom is -0.372 e. The fourth-order valence-electron chi connectivity index (χ4n) is 2.35. The molecule has 0 radical (unpaired) electrons. The molecular formula is C17H24N4. The van der Waals surface area contributed by atoms with Crippen molar-refractivity contribution in [1.29, 1.82) is 0 Å². The van der Waals surface area contributed by atoms with Gasteiger partial charge in [-0.05, 0) is 44.5 Å². The van der Waals surface area contributed by atoms with Crippen LogP contribution in [0, 0.1) is 6.92 Å². The normalized spacial score (nSPS) is 10.6. The second kappa shape index (κ2) is 7.74. The number of nitrogens with one attached hydrogen (secondary N) is 1. The van der Waals surface area contributed by atoms with Crippen LogP contribution < -0.4 is 10.2 Å². The number of aryl methyl sites for hydroxylation is 1. The first-order valence-electron chi connectivity index (χ1n) is 7.56. The molecule has 0 atom stereocenters. The molecule has 2 aromatic rings.